The number of anilines is 1. The van der Waals surface area contributed by atoms with Crippen LogP contribution in [0.4, 0.5) is 5.69 Å². The van der Waals surface area contributed by atoms with Crippen LogP contribution in [0.3, 0.4) is 0 Å². The minimum atomic E-state index is -0.0959. The molecule has 3 nitrogen and oxygen atoms in total. The molecule has 21 heavy (non-hydrogen) atoms. The summed E-state index contributed by atoms with van der Waals surface area (Å²) in [6.45, 7) is 2.09. The number of halogens is 2. The fourth-order valence-electron chi connectivity index (χ4n) is 2.11. The van der Waals surface area contributed by atoms with Gasteiger partial charge in [-0.15, -0.1) is 0 Å². The molecule has 0 aliphatic heterocycles. The van der Waals surface area contributed by atoms with E-state index in [0.717, 1.165) is 23.4 Å². The molecule has 0 saturated heterocycles. The van der Waals surface area contributed by atoms with Gasteiger partial charge in [0.1, 0.15) is 5.75 Å². The van der Waals surface area contributed by atoms with Crippen molar-refractivity contribution in [2.75, 3.05) is 12.4 Å². The lowest BCUT2D eigenvalue weighted by atomic mass is 10.0. The predicted molar refractivity (Wildman–Crippen MR) is 87.8 cm³/mol. The van der Waals surface area contributed by atoms with Gasteiger partial charge < -0.3 is 15.2 Å². The number of hydrogen-bond acceptors (Lipinski definition) is 3. The van der Waals surface area contributed by atoms with Crippen LogP contribution in [0.15, 0.2) is 36.4 Å². The number of methoxy groups -OCH3 is 1. The summed E-state index contributed by atoms with van der Waals surface area (Å²) in [6.07, 6.45) is 0.891. The van der Waals surface area contributed by atoms with Crippen molar-refractivity contribution in [1.29, 1.82) is 0 Å². The molecule has 0 aromatic heterocycles. The molecule has 2 rings (SSSR count). The number of rotatable bonds is 5. The van der Waals surface area contributed by atoms with Gasteiger partial charge in [0, 0.05) is 5.69 Å². The van der Waals surface area contributed by atoms with Crippen LogP contribution in [0.5, 0.6) is 11.5 Å². The van der Waals surface area contributed by atoms with Gasteiger partial charge in [0.25, 0.3) is 0 Å². The van der Waals surface area contributed by atoms with Gasteiger partial charge in [0.2, 0.25) is 0 Å². The van der Waals surface area contributed by atoms with Crippen LogP contribution >= 0.6 is 23.2 Å². The molecule has 0 aliphatic rings. The van der Waals surface area contributed by atoms with Crippen LogP contribution in [0.25, 0.3) is 0 Å². The van der Waals surface area contributed by atoms with Crippen molar-refractivity contribution in [3.8, 4) is 11.5 Å². The Morgan fingerprint density at radius 3 is 2.19 bits per heavy atom. The molecule has 1 atom stereocenters. The molecule has 112 valence electrons. The lowest BCUT2D eigenvalue weighted by Crippen LogP contribution is -2.09. The second kappa shape index (κ2) is 6.92. The molecule has 0 heterocycles. The van der Waals surface area contributed by atoms with Crippen molar-refractivity contribution in [3.05, 3.63) is 52.0 Å². The molecule has 0 spiro atoms. The predicted octanol–water partition coefficient (Wildman–Crippen LogP) is 5.27. The van der Waals surface area contributed by atoms with E-state index in [-0.39, 0.29) is 21.8 Å². The van der Waals surface area contributed by atoms with E-state index in [1.54, 1.807) is 19.2 Å². The van der Waals surface area contributed by atoms with Gasteiger partial charge in [0.15, 0.2) is 5.75 Å². The number of phenols is 1. The maximum atomic E-state index is 9.59. The lowest BCUT2D eigenvalue weighted by molar-refractivity contribution is 0.414. The second-order valence-corrected chi connectivity index (χ2v) is 5.48. The van der Waals surface area contributed by atoms with E-state index < -0.39 is 0 Å². The van der Waals surface area contributed by atoms with Gasteiger partial charge in [-0.2, -0.15) is 0 Å². The summed E-state index contributed by atoms with van der Waals surface area (Å²) in [4.78, 5) is 0. The summed E-state index contributed by atoms with van der Waals surface area (Å²) >= 11 is 11.9. The summed E-state index contributed by atoms with van der Waals surface area (Å²) in [6, 6.07) is 11.3. The highest BCUT2D eigenvalue weighted by Gasteiger charge is 2.12. The van der Waals surface area contributed by atoms with E-state index >= 15 is 0 Å². The molecule has 0 fully saturated rings. The quantitative estimate of drug-likeness (QED) is 0.735. The summed E-state index contributed by atoms with van der Waals surface area (Å²) in [5.74, 6) is 0.728. The first-order valence-corrected chi connectivity index (χ1v) is 7.39. The molecular weight excluding hydrogens is 309 g/mol. The smallest absolute Gasteiger partial charge is 0.152 e. The SMILES string of the molecule is CCC(Nc1cc(Cl)c(O)c(Cl)c1)c1ccc(OC)cc1. The Morgan fingerprint density at radius 2 is 1.71 bits per heavy atom. The van der Waals surface area contributed by atoms with Gasteiger partial charge in [0.05, 0.1) is 23.2 Å². The number of hydrogen-bond donors (Lipinski definition) is 2. The Kier molecular flexibility index (Phi) is 5.21. The number of benzene rings is 2. The van der Waals surface area contributed by atoms with Gasteiger partial charge in [-0.25, -0.2) is 0 Å². The van der Waals surface area contributed by atoms with Crippen molar-refractivity contribution < 1.29 is 9.84 Å². The van der Waals surface area contributed by atoms with E-state index in [1.165, 1.54) is 0 Å². The lowest BCUT2D eigenvalue weighted by Gasteiger charge is -2.19. The minimum absolute atomic E-state index is 0.0959. The van der Waals surface area contributed by atoms with E-state index in [4.69, 9.17) is 27.9 Å². The normalized spacial score (nSPS) is 12.0. The van der Waals surface area contributed by atoms with Crippen LogP contribution in [0.2, 0.25) is 10.0 Å². The Labute approximate surface area is 134 Å². The maximum absolute atomic E-state index is 9.59. The molecule has 2 aromatic carbocycles. The Hall–Kier alpha value is -1.58. The van der Waals surface area contributed by atoms with Crippen molar-refractivity contribution in [2.45, 2.75) is 19.4 Å². The van der Waals surface area contributed by atoms with Gasteiger partial charge in [-0.1, -0.05) is 42.3 Å². The zero-order chi connectivity index (χ0) is 15.4. The van der Waals surface area contributed by atoms with E-state index in [9.17, 15) is 5.11 Å². The number of ether oxygens (including phenoxy) is 1. The molecule has 0 saturated carbocycles. The fraction of sp³-hybridized carbons (Fsp3) is 0.250. The first kappa shape index (κ1) is 15.8. The third-order valence-corrected chi connectivity index (χ3v) is 3.86. The summed E-state index contributed by atoms with van der Waals surface area (Å²) < 4.78 is 5.16. The van der Waals surface area contributed by atoms with E-state index in [2.05, 4.69) is 12.2 Å². The number of aromatic hydroxyl groups is 1. The van der Waals surface area contributed by atoms with E-state index in [1.807, 2.05) is 24.3 Å². The monoisotopic (exact) mass is 325 g/mol. The Bertz CT molecular complexity index is 591. The van der Waals surface area contributed by atoms with Gasteiger partial charge >= 0.3 is 0 Å². The van der Waals surface area contributed by atoms with Crippen LogP contribution in [-0.4, -0.2) is 12.2 Å². The standard InChI is InChI=1S/C16H17Cl2NO2/c1-3-15(10-4-6-12(21-2)7-5-10)19-11-8-13(17)16(20)14(18)9-11/h4-9,15,19-20H,3H2,1-2H3. The largest absolute Gasteiger partial charge is 0.505 e. The Balaban J connectivity index is 2.22. The summed E-state index contributed by atoms with van der Waals surface area (Å²) in [5, 5.41) is 13.4. The highest BCUT2D eigenvalue weighted by molar-refractivity contribution is 6.37. The van der Waals surface area contributed by atoms with Crippen LogP contribution in [-0.2, 0) is 0 Å². The average molecular weight is 326 g/mol. The highest BCUT2D eigenvalue weighted by Crippen LogP contribution is 2.36. The number of nitrogens with one attached hydrogen (secondary N) is 1. The summed E-state index contributed by atoms with van der Waals surface area (Å²) in [7, 11) is 1.64. The molecule has 1 unspecified atom stereocenters. The van der Waals surface area contributed by atoms with Crippen molar-refractivity contribution in [2.24, 2.45) is 0 Å². The van der Waals surface area contributed by atoms with Crippen molar-refractivity contribution in [1.82, 2.24) is 0 Å². The van der Waals surface area contributed by atoms with Crippen LogP contribution in [0, 0.1) is 0 Å². The fourth-order valence-corrected chi connectivity index (χ4v) is 2.59. The van der Waals surface area contributed by atoms with Crippen LogP contribution < -0.4 is 10.1 Å². The second-order valence-electron chi connectivity index (χ2n) is 4.67. The third-order valence-electron chi connectivity index (χ3n) is 3.28. The zero-order valence-electron chi connectivity index (χ0n) is 11.9. The topological polar surface area (TPSA) is 41.5 Å². The molecule has 0 radical (unpaired) electrons. The average Bonchev–Trinajstić information content (AvgIpc) is 2.50. The number of phenolic OH excluding ortho intramolecular Hbond substituents is 1. The zero-order valence-corrected chi connectivity index (χ0v) is 13.4. The molecule has 0 aliphatic carbocycles. The molecule has 0 amide bonds. The highest BCUT2D eigenvalue weighted by atomic mass is 35.5. The minimum Gasteiger partial charge on any atom is -0.505 e. The molecule has 5 heteroatoms. The third kappa shape index (κ3) is 3.74. The molecule has 2 N–H and O–H groups in total. The maximum Gasteiger partial charge on any atom is 0.152 e. The van der Waals surface area contributed by atoms with Crippen LogP contribution in [0.1, 0.15) is 24.9 Å². The van der Waals surface area contributed by atoms with E-state index in [0.29, 0.717) is 0 Å². The summed E-state index contributed by atoms with van der Waals surface area (Å²) in [5.41, 5.74) is 1.91. The molecule has 0 bridgehead atoms. The first-order valence-electron chi connectivity index (χ1n) is 6.63. The van der Waals surface area contributed by atoms with Gasteiger partial charge in [-0.3, -0.25) is 0 Å². The first-order chi connectivity index (χ1) is 10.0. The van der Waals surface area contributed by atoms with Crippen molar-refractivity contribution in [3.63, 3.8) is 0 Å². The Morgan fingerprint density at radius 1 is 1.14 bits per heavy atom. The van der Waals surface area contributed by atoms with Crippen molar-refractivity contribution >= 4 is 28.9 Å². The molecular formula is C16H17Cl2NO2. The molecule has 2 aromatic rings. The van der Waals surface area contributed by atoms with Gasteiger partial charge in [-0.05, 0) is 36.2 Å².